The highest BCUT2D eigenvalue weighted by Crippen LogP contribution is 2.29. The number of rotatable bonds is 9. The van der Waals surface area contributed by atoms with Crippen LogP contribution >= 0.6 is 0 Å². The number of likely N-dealkylation sites (N-methyl/N-ethyl adjacent to an activating group) is 1. The molecular formula is C30H44F3N5O7S. The molecule has 0 aliphatic carbocycles. The summed E-state index contributed by atoms with van der Waals surface area (Å²) in [6.45, 7) is 5.28. The van der Waals surface area contributed by atoms with Gasteiger partial charge < -0.3 is 28.9 Å². The van der Waals surface area contributed by atoms with Crippen molar-refractivity contribution in [2.24, 2.45) is 13.0 Å². The van der Waals surface area contributed by atoms with Crippen molar-refractivity contribution in [2.45, 2.75) is 82.3 Å². The molecule has 16 heteroatoms. The molecule has 1 aliphatic rings. The monoisotopic (exact) mass is 675 g/mol. The number of hydrogen-bond donors (Lipinski definition) is 2. The van der Waals surface area contributed by atoms with Gasteiger partial charge in [0.25, 0.3) is 15.9 Å². The van der Waals surface area contributed by atoms with Gasteiger partial charge in [-0.25, -0.2) is 4.98 Å². The number of carbonyl (C=O) groups is 2. The van der Waals surface area contributed by atoms with Gasteiger partial charge in [0.05, 0.1) is 43.2 Å². The molecule has 0 radical (unpaired) electrons. The first kappa shape index (κ1) is 37.1. The number of carbonyl (C=O) groups excluding carboxylic acids is 2. The number of benzene rings is 1. The zero-order chi connectivity index (χ0) is 34.2. The van der Waals surface area contributed by atoms with Crippen LogP contribution in [0.3, 0.4) is 0 Å². The molecule has 2 heterocycles. The minimum atomic E-state index is -4.46. The molecule has 0 saturated heterocycles. The van der Waals surface area contributed by atoms with Crippen molar-refractivity contribution >= 4 is 27.5 Å². The molecular weight excluding hydrogens is 631 g/mol. The Balaban J connectivity index is 1.95. The zero-order valence-corrected chi connectivity index (χ0v) is 27.6. The molecule has 258 valence electrons. The number of alkyl halides is 3. The van der Waals surface area contributed by atoms with Crippen molar-refractivity contribution in [3.05, 3.63) is 36.3 Å². The summed E-state index contributed by atoms with van der Waals surface area (Å²) < 4.78 is 80.4. The summed E-state index contributed by atoms with van der Waals surface area (Å²) in [5, 5.41) is 9.89. The van der Waals surface area contributed by atoms with Crippen LogP contribution in [0.4, 0.5) is 18.9 Å². The Kier molecular flexibility index (Phi) is 12.9. The Labute approximate surface area is 267 Å². The summed E-state index contributed by atoms with van der Waals surface area (Å²) in [6.07, 6.45) is -2.67. The van der Waals surface area contributed by atoms with Crippen LogP contribution in [0.15, 0.2) is 35.7 Å². The van der Waals surface area contributed by atoms with E-state index in [1.807, 2.05) is 6.92 Å². The summed E-state index contributed by atoms with van der Waals surface area (Å²) in [5.41, 5.74) is 0.162. The molecule has 1 aliphatic heterocycles. The van der Waals surface area contributed by atoms with Crippen LogP contribution in [0, 0.1) is 5.92 Å². The highest BCUT2D eigenvalue weighted by atomic mass is 32.2. The van der Waals surface area contributed by atoms with E-state index < -0.39 is 65.5 Å². The lowest BCUT2D eigenvalue weighted by atomic mass is 10.0. The van der Waals surface area contributed by atoms with E-state index in [0.717, 1.165) is 0 Å². The van der Waals surface area contributed by atoms with Crippen molar-refractivity contribution < 1.29 is 45.8 Å². The number of halogens is 3. The Hall–Kier alpha value is -3.37. The third kappa shape index (κ3) is 10.6. The number of nitrogens with zero attached hydrogens (tertiary/aromatic N) is 4. The number of fused-ring (bicyclic) bond motifs is 1. The van der Waals surface area contributed by atoms with Gasteiger partial charge >= 0.3 is 6.18 Å². The molecule has 1 aromatic heterocycles. The maximum absolute atomic E-state index is 14.2. The molecule has 0 spiro atoms. The maximum Gasteiger partial charge on any atom is 0.389 e. The molecule has 4 atom stereocenters. The minimum Gasteiger partial charge on any atom is -0.490 e. The molecule has 46 heavy (non-hydrogen) atoms. The number of ether oxygens (including phenoxy) is 2. The van der Waals surface area contributed by atoms with Crippen LogP contribution < -0.4 is 9.46 Å². The molecule has 0 saturated carbocycles. The van der Waals surface area contributed by atoms with Gasteiger partial charge in [-0.2, -0.15) is 21.6 Å². The summed E-state index contributed by atoms with van der Waals surface area (Å²) in [5.74, 6) is -1.40. The Morgan fingerprint density at radius 1 is 1.26 bits per heavy atom. The molecule has 0 bridgehead atoms. The second-order valence-electron chi connectivity index (χ2n) is 11.9. The van der Waals surface area contributed by atoms with Crippen LogP contribution in [0.5, 0.6) is 5.75 Å². The van der Waals surface area contributed by atoms with E-state index in [1.54, 1.807) is 20.9 Å². The van der Waals surface area contributed by atoms with Crippen molar-refractivity contribution in [3.8, 4) is 5.75 Å². The van der Waals surface area contributed by atoms with Crippen LogP contribution in [0.2, 0.25) is 0 Å². The number of nitrogens with one attached hydrogen (secondary N) is 1. The molecule has 2 aromatic rings. The number of amides is 2. The normalized spacial score (nSPS) is 21.1. The zero-order valence-electron chi connectivity index (χ0n) is 26.8. The molecule has 12 nitrogen and oxygen atoms in total. The second-order valence-corrected chi connectivity index (χ2v) is 13.5. The van der Waals surface area contributed by atoms with Gasteiger partial charge in [-0.3, -0.25) is 14.3 Å². The number of anilines is 1. The third-order valence-corrected chi connectivity index (χ3v) is 9.03. The van der Waals surface area contributed by atoms with Gasteiger partial charge in [-0.05, 0) is 51.3 Å². The predicted octanol–water partition coefficient (Wildman–Crippen LogP) is 3.82. The Morgan fingerprint density at radius 3 is 2.61 bits per heavy atom. The smallest absolute Gasteiger partial charge is 0.389 e. The van der Waals surface area contributed by atoms with Gasteiger partial charge in [0, 0.05) is 58.0 Å². The quantitative estimate of drug-likeness (QED) is 0.409. The number of hydrogen-bond acceptors (Lipinski definition) is 8. The van der Waals surface area contributed by atoms with E-state index in [4.69, 9.17) is 9.47 Å². The first-order chi connectivity index (χ1) is 21.5. The van der Waals surface area contributed by atoms with Gasteiger partial charge in [0.1, 0.15) is 5.75 Å². The van der Waals surface area contributed by atoms with E-state index in [0.29, 0.717) is 25.9 Å². The lowest BCUT2D eigenvalue weighted by Crippen LogP contribution is -2.48. The predicted molar refractivity (Wildman–Crippen MR) is 164 cm³/mol. The fourth-order valence-corrected chi connectivity index (χ4v) is 6.03. The van der Waals surface area contributed by atoms with Crippen LogP contribution in [-0.2, 0) is 26.6 Å². The van der Waals surface area contributed by atoms with E-state index >= 15 is 0 Å². The topological polar surface area (TPSA) is 143 Å². The standard InChI is InChI=1S/C30H44F3N5O7S/c1-20-15-38(21(2)18-39)29(41)24-14-23(35-46(42,43)27-17-36(4)19-34-27)9-10-25(24)45-22(3)8-6-7-13-44-26(20)16-37(5)28(40)11-12-30(31,32)33/h9-10,14,17,19-22,26,35,39H,6-8,11-13,15-16,18H2,1-5H3/t20-,21+,22+,26+/m1/s1. The molecule has 0 unspecified atom stereocenters. The van der Waals surface area contributed by atoms with E-state index in [9.17, 15) is 36.3 Å². The molecule has 1 aromatic carbocycles. The summed E-state index contributed by atoms with van der Waals surface area (Å²) >= 11 is 0. The van der Waals surface area contributed by atoms with E-state index in [-0.39, 0.29) is 41.2 Å². The van der Waals surface area contributed by atoms with Crippen LogP contribution in [-0.4, -0.2) is 102 Å². The minimum absolute atomic E-state index is 0.00292. The number of aliphatic hydroxyl groups is 1. The molecule has 3 rings (SSSR count). The average molecular weight is 676 g/mol. The van der Waals surface area contributed by atoms with Gasteiger partial charge in [-0.1, -0.05) is 6.92 Å². The molecule has 2 N–H and O–H groups in total. The van der Waals surface area contributed by atoms with Crippen LogP contribution in [0.1, 0.15) is 63.2 Å². The van der Waals surface area contributed by atoms with Crippen molar-refractivity contribution in [2.75, 3.05) is 38.1 Å². The number of imidazole rings is 1. The molecule has 0 fully saturated rings. The number of aryl methyl sites for hydroxylation is 1. The van der Waals surface area contributed by atoms with Crippen molar-refractivity contribution in [1.29, 1.82) is 0 Å². The van der Waals surface area contributed by atoms with E-state index in [1.165, 1.54) is 52.1 Å². The van der Waals surface area contributed by atoms with Gasteiger partial charge in [0.15, 0.2) is 5.03 Å². The molecule has 2 amide bonds. The lowest BCUT2D eigenvalue weighted by Gasteiger charge is -2.36. The largest absolute Gasteiger partial charge is 0.490 e. The van der Waals surface area contributed by atoms with Crippen molar-refractivity contribution in [3.63, 3.8) is 0 Å². The number of aromatic nitrogens is 2. The first-order valence-electron chi connectivity index (χ1n) is 15.2. The lowest BCUT2D eigenvalue weighted by molar-refractivity contribution is -0.149. The SMILES string of the molecule is C[C@@H]1CN([C@@H](C)CO)C(=O)c2cc(NS(=O)(=O)c3cn(C)cn3)ccc2O[C@@H](C)CCCCO[C@H]1CN(C)C(=O)CCC(F)(F)F. The number of aliphatic hydroxyl groups excluding tert-OH is 1. The second kappa shape index (κ2) is 16.0. The van der Waals surface area contributed by atoms with Crippen LogP contribution in [0.25, 0.3) is 0 Å². The van der Waals surface area contributed by atoms with Crippen molar-refractivity contribution in [1.82, 2.24) is 19.4 Å². The fraction of sp³-hybridized carbons (Fsp3) is 0.633. The highest BCUT2D eigenvalue weighted by molar-refractivity contribution is 7.92. The Morgan fingerprint density at radius 2 is 1.98 bits per heavy atom. The summed E-state index contributed by atoms with van der Waals surface area (Å²) in [4.78, 5) is 33.2. The fourth-order valence-electron chi connectivity index (χ4n) is 4.99. The number of sulfonamides is 1. The third-order valence-electron chi connectivity index (χ3n) is 7.76. The van der Waals surface area contributed by atoms with Gasteiger partial charge in [0.2, 0.25) is 5.91 Å². The van der Waals surface area contributed by atoms with E-state index in [2.05, 4.69) is 9.71 Å². The highest BCUT2D eigenvalue weighted by Gasteiger charge is 2.33. The van der Waals surface area contributed by atoms with Gasteiger partial charge in [-0.15, -0.1) is 0 Å². The average Bonchev–Trinajstić information content (AvgIpc) is 3.44. The summed E-state index contributed by atoms with van der Waals surface area (Å²) in [7, 11) is -1.03. The Bertz CT molecular complexity index is 1440. The summed E-state index contributed by atoms with van der Waals surface area (Å²) in [6, 6.07) is 3.69. The first-order valence-corrected chi connectivity index (χ1v) is 16.6. The maximum atomic E-state index is 14.2.